The van der Waals surface area contributed by atoms with Crippen molar-refractivity contribution in [3.05, 3.63) is 59.2 Å². The fourth-order valence-corrected chi connectivity index (χ4v) is 2.44. The average molecular weight is 373 g/mol. The Morgan fingerprint density at radius 1 is 0.750 bits per heavy atom. The van der Waals surface area contributed by atoms with Crippen LogP contribution >= 0.6 is 11.9 Å². The second kappa shape index (κ2) is 6.50. The fourth-order valence-electron chi connectivity index (χ4n) is 1.67. The van der Waals surface area contributed by atoms with E-state index in [1.54, 1.807) is 0 Å². The highest BCUT2D eigenvalue weighted by molar-refractivity contribution is 8.00. The first-order valence-electron chi connectivity index (χ1n) is 6.14. The number of anilines is 1. The molecule has 0 fully saturated rings. The Kier molecular flexibility index (Phi) is 4.97. The smallest absolute Gasteiger partial charge is 0.323 e. The quantitative estimate of drug-likeness (QED) is 0.514. The maximum Gasteiger partial charge on any atom is 0.416 e. The Balaban J connectivity index is 2.32. The van der Waals surface area contributed by atoms with Gasteiger partial charge in [-0.15, -0.1) is 0 Å². The molecule has 0 unspecified atom stereocenters. The summed E-state index contributed by atoms with van der Waals surface area (Å²) < 4.78 is 105. The summed E-state index contributed by atoms with van der Waals surface area (Å²) in [6, 6.07) is 3.36. The lowest BCUT2D eigenvalue weighted by atomic mass is 10.1. The summed E-state index contributed by atoms with van der Waals surface area (Å²) in [6.07, 6.45) is -9.95. The van der Waals surface area contributed by atoms with E-state index in [-0.39, 0.29) is 11.8 Å². The van der Waals surface area contributed by atoms with Gasteiger partial charge in [-0.2, -0.15) is 26.3 Å². The Morgan fingerprint density at radius 3 is 1.75 bits per heavy atom. The van der Waals surface area contributed by atoms with Crippen LogP contribution in [-0.4, -0.2) is 0 Å². The van der Waals surface area contributed by atoms with E-state index in [1.807, 2.05) is 0 Å². The van der Waals surface area contributed by atoms with Crippen LogP contribution in [0, 0.1) is 11.6 Å². The van der Waals surface area contributed by atoms with Crippen LogP contribution in [0.4, 0.5) is 40.8 Å². The first-order valence-corrected chi connectivity index (χ1v) is 6.96. The van der Waals surface area contributed by atoms with Gasteiger partial charge in [0.2, 0.25) is 0 Å². The van der Waals surface area contributed by atoms with Crippen molar-refractivity contribution in [1.82, 2.24) is 0 Å². The molecule has 0 aliphatic rings. The second-order valence-corrected chi connectivity index (χ2v) is 5.45. The van der Waals surface area contributed by atoms with Crippen LogP contribution in [0.25, 0.3) is 0 Å². The van der Waals surface area contributed by atoms with Crippen molar-refractivity contribution >= 4 is 17.6 Å². The van der Waals surface area contributed by atoms with Gasteiger partial charge >= 0.3 is 12.4 Å². The topological polar surface area (TPSA) is 12.0 Å². The fraction of sp³-hybridized carbons (Fsp3) is 0.143. The maximum atomic E-state index is 13.4. The third-order valence-electron chi connectivity index (χ3n) is 2.77. The van der Waals surface area contributed by atoms with Gasteiger partial charge in [0.05, 0.1) is 16.8 Å². The Hall–Kier alpha value is -1.97. The number of rotatable bonds is 3. The highest BCUT2D eigenvalue weighted by atomic mass is 32.2. The predicted molar refractivity (Wildman–Crippen MR) is 72.3 cm³/mol. The van der Waals surface area contributed by atoms with Gasteiger partial charge in [0.25, 0.3) is 0 Å². The van der Waals surface area contributed by atoms with Crippen LogP contribution in [0.5, 0.6) is 0 Å². The summed E-state index contributed by atoms with van der Waals surface area (Å²) in [5, 5.41) is 0. The summed E-state index contributed by atoms with van der Waals surface area (Å²) in [4.78, 5) is -0.430. The molecule has 130 valence electrons. The third kappa shape index (κ3) is 4.53. The SMILES string of the molecule is Fc1ccc(NSc2cc(C(F)(F)F)cc(C(F)(F)F)c2)c(F)c1. The molecule has 0 atom stereocenters. The zero-order valence-corrected chi connectivity index (χ0v) is 12.2. The van der Waals surface area contributed by atoms with Crippen molar-refractivity contribution in [3.8, 4) is 0 Å². The van der Waals surface area contributed by atoms with Crippen LogP contribution < -0.4 is 4.72 Å². The number of hydrogen-bond donors (Lipinski definition) is 1. The Labute approximate surface area is 134 Å². The lowest BCUT2D eigenvalue weighted by molar-refractivity contribution is -0.143. The van der Waals surface area contributed by atoms with Gasteiger partial charge in [0.1, 0.15) is 11.6 Å². The molecule has 10 heteroatoms. The van der Waals surface area contributed by atoms with Gasteiger partial charge in [-0.3, -0.25) is 0 Å². The van der Waals surface area contributed by atoms with Crippen molar-refractivity contribution in [2.45, 2.75) is 17.2 Å². The molecule has 24 heavy (non-hydrogen) atoms. The molecule has 0 saturated carbocycles. The summed E-state index contributed by atoms with van der Waals surface area (Å²) in [5.74, 6) is -1.91. The monoisotopic (exact) mass is 373 g/mol. The number of halogens is 8. The highest BCUT2D eigenvalue weighted by Gasteiger charge is 2.37. The van der Waals surface area contributed by atoms with Crippen LogP contribution in [0.1, 0.15) is 11.1 Å². The molecular formula is C14H7F8NS. The first-order chi connectivity index (χ1) is 11.0. The van der Waals surface area contributed by atoms with Gasteiger partial charge in [-0.05, 0) is 42.3 Å². The largest absolute Gasteiger partial charge is 0.416 e. The van der Waals surface area contributed by atoms with Gasteiger partial charge in [-0.1, -0.05) is 0 Å². The highest BCUT2D eigenvalue weighted by Crippen LogP contribution is 2.38. The molecule has 0 radical (unpaired) electrons. The van der Waals surface area contributed by atoms with Crippen molar-refractivity contribution < 1.29 is 35.1 Å². The van der Waals surface area contributed by atoms with Crippen LogP contribution in [-0.2, 0) is 12.4 Å². The first kappa shape index (κ1) is 18.4. The standard InChI is InChI=1S/C14H7F8NS/c15-9-1-2-12(11(16)6-9)23-24-10-4-7(13(17,18)19)3-8(5-10)14(20,21)22/h1-6,23H. The molecule has 0 aliphatic heterocycles. The second-order valence-electron chi connectivity index (χ2n) is 4.57. The van der Waals surface area contributed by atoms with Crippen LogP contribution in [0.2, 0.25) is 0 Å². The zero-order chi connectivity index (χ0) is 18.1. The van der Waals surface area contributed by atoms with Crippen LogP contribution in [0.15, 0.2) is 41.3 Å². The number of hydrogen-bond acceptors (Lipinski definition) is 2. The molecule has 2 aromatic rings. The summed E-state index contributed by atoms with van der Waals surface area (Å²) in [5.41, 5.74) is -3.25. The lowest BCUT2D eigenvalue weighted by Gasteiger charge is -2.14. The van der Waals surface area contributed by atoms with E-state index in [2.05, 4.69) is 4.72 Å². The van der Waals surface area contributed by atoms with Crippen molar-refractivity contribution in [1.29, 1.82) is 0 Å². The molecular weight excluding hydrogens is 366 g/mol. The van der Waals surface area contributed by atoms with Gasteiger partial charge in [-0.25, -0.2) is 8.78 Å². The molecule has 2 rings (SSSR count). The Bertz CT molecular complexity index is 706. The van der Waals surface area contributed by atoms with Gasteiger partial charge in [0.15, 0.2) is 0 Å². The molecule has 0 saturated heterocycles. The Morgan fingerprint density at radius 2 is 1.29 bits per heavy atom. The zero-order valence-electron chi connectivity index (χ0n) is 11.4. The van der Waals surface area contributed by atoms with Crippen molar-refractivity contribution in [2.75, 3.05) is 4.72 Å². The number of alkyl halides is 6. The molecule has 0 aromatic heterocycles. The van der Waals surface area contributed by atoms with Crippen molar-refractivity contribution in [3.63, 3.8) is 0 Å². The molecule has 0 bridgehead atoms. The molecule has 0 amide bonds. The molecule has 0 aliphatic carbocycles. The summed E-state index contributed by atoms with van der Waals surface area (Å²) >= 11 is 0.342. The summed E-state index contributed by atoms with van der Waals surface area (Å²) in [6.45, 7) is 0. The average Bonchev–Trinajstić information content (AvgIpc) is 2.44. The third-order valence-corrected chi connectivity index (χ3v) is 3.56. The lowest BCUT2D eigenvalue weighted by Crippen LogP contribution is -2.11. The van der Waals surface area contributed by atoms with E-state index in [4.69, 9.17) is 0 Å². The van der Waals surface area contributed by atoms with Crippen LogP contribution in [0.3, 0.4) is 0 Å². The normalized spacial score (nSPS) is 12.3. The minimum Gasteiger partial charge on any atom is -0.323 e. The van der Waals surface area contributed by atoms with E-state index in [9.17, 15) is 35.1 Å². The minimum absolute atomic E-state index is 0.0114. The number of benzene rings is 2. The molecule has 0 heterocycles. The van der Waals surface area contributed by atoms with Crippen molar-refractivity contribution in [2.24, 2.45) is 0 Å². The minimum atomic E-state index is -4.97. The predicted octanol–water partition coefficient (Wildman–Crippen LogP) is 6.12. The van der Waals surface area contributed by atoms with E-state index in [1.165, 1.54) is 0 Å². The van der Waals surface area contributed by atoms with E-state index >= 15 is 0 Å². The molecule has 2 aromatic carbocycles. The molecule has 1 N–H and O–H groups in total. The molecule has 1 nitrogen and oxygen atoms in total. The molecule has 0 spiro atoms. The summed E-state index contributed by atoms with van der Waals surface area (Å²) in [7, 11) is 0. The maximum absolute atomic E-state index is 13.4. The van der Waals surface area contributed by atoms with Gasteiger partial charge < -0.3 is 4.72 Å². The van der Waals surface area contributed by atoms with Gasteiger partial charge in [0, 0.05) is 11.0 Å². The number of nitrogens with one attached hydrogen (secondary N) is 1. The van der Waals surface area contributed by atoms with E-state index in [0.717, 1.165) is 12.1 Å². The van der Waals surface area contributed by atoms with E-state index < -0.39 is 40.0 Å². The van der Waals surface area contributed by atoms with E-state index in [0.29, 0.717) is 30.1 Å².